The van der Waals surface area contributed by atoms with Crippen molar-refractivity contribution in [3.63, 3.8) is 0 Å². The molecule has 0 unspecified atom stereocenters. The van der Waals surface area contributed by atoms with Gasteiger partial charge in [0.25, 0.3) is 0 Å². The molecule has 2 heterocycles. The lowest BCUT2D eigenvalue weighted by molar-refractivity contribution is 0.00694. The van der Waals surface area contributed by atoms with Crippen LogP contribution in [0.15, 0.2) is 18.2 Å². The van der Waals surface area contributed by atoms with Gasteiger partial charge in [0.1, 0.15) is 5.54 Å². The highest BCUT2D eigenvalue weighted by Crippen LogP contribution is 2.43. The minimum absolute atomic E-state index is 0.00111. The maximum atomic E-state index is 13.9. The molecule has 0 amide bonds. The van der Waals surface area contributed by atoms with E-state index < -0.39 is 17.2 Å². The van der Waals surface area contributed by atoms with E-state index in [4.69, 9.17) is 9.57 Å². The summed E-state index contributed by atoms with van der Waals surface area (Å²) < 4.78 is 32.7. The molecular weight excluding hydrogens is 228 g/mol. The van der Waals surface area contributed by atoms with E-state index in [0.717, 1.165) is 6.07 Å². The van der Waals surface area contributed by atoms with Crippen LogP contribution in [0.1, 0.15) is 12.5 Å². The summed E-state index contributed by atoms with van der Waals surface area (Å²) in [6.45, 7) is 2.65. The summed E-state index contributed by atoms with van der Waals surface area (Å²) in [6, 6.07) is 4.19. The molecule has 1 aromatic rings. The van der Waals surface area contributed by atoms with Crippen LogP contribution in [-0.2, 0) is 15.1 Å². The fraction of sp³-hybridized carbons (Fsp3) is 0.500. The molecule has 0 aromatic heterocycles. The number of fused-ring (bicyclic) bond motifs is 1. The Hall–Kier alpha value is -1.04. The molecular formula is C12H13F2NO2. The van der Waals surface area contributed by atoms with E-state index in [2.05, 4.69) is 5.48 Å². The third-order valence-corrected chi connectivity index (χ3v) is 3.72. The van der Waals surface area contributed by atoms with Crippen LogP contribution in [0.25, 0.3) is 0 Å². The number of hydrogen-bond acceptors (Lipinski definition) is 3. The Balaban J connectivity index is 2.11. The van der Waals surface area contributed by atoms with Gasteiger partial charge in [-0.1, -0.05) is 12.1 Å². The van der Waals surface area contributed by atoms with Crippen molar-refractivity contribution in [3.05, 3.63) is 35.4 Å². The number of ether oxygens (including phenoxy) is 1. The molecule has 92 valence electrons. The van der Waals surface area contributed by atoms with E-state index in [1.807, 2.05) is 6.92 Å². The highest BCUT2D eigenvalue weighted by Gasteiger charge is 2.54. The predicted octanol–water partition coefficient (Wildman–Crippen LogP) is 1.73. The Labute approximate surface area is 97.7 Å². The van der Waals surface area contributed by atoms with Gasteiger partial charge in [-0.3, -0.25) is 0 Å². The zero-order valence-corrected chi connectivity index (χ0v) is 9.37. The molecule has 0 bridgehead atoms. The van der Waals surface area contributed by atoms with Crippen LogP contribution in [0.3, 0.4) is 0 Å². The van der Waals surface area contributed by atoms with Gasteiger partial charge in [0.15, 0.2) is 11.6 Å². The molecule has 3 atom stereocenters. The predicted molar refractivity (Wildman–Crippen MR) is 56.0 cm³/mol. The summed E-state index contributed by atoms with van der Waals surface area (Å²) in [4.78, 5) is 5.22. The zero-order valence-electron chi connectivity index (χ0n) is 9.37. The van der Waals surface area contributed by atoms with Gasteiger partial charge >= 0.3 is 0 Å². The summed E-state index contributed by atoms with van der Waals surface area (Å²) in [5, 5.41) is 0. The van der Waals surface area contributed by atoms with Crippen LogP contribution in [0.2, 0.25) is 0 Å². The van der Waals surface area contributed by atoms with Gasteiger partial charge in [-0.05, 0) is 13.0 Å². The lowest BCUT2D eigenvalue weighted by atomic mass is 9.80. The molecule has 0 radical (unpaired) electrons. The summed E-state index contributed by atoms with van der Waals surface area (Å²) in [5.74, 6) is -1.67. The standard InChI is InChI=1S/C12H13F2NO2/c1-7-9-5-17-15-12(9,6-16-7)8-3-2-4-10(13)11(8)14/h2-4,7,9,15H,5-6H2,1H3/t7-,9-,12-/m1/s1. The quantitative estimate of drug-likeness (QED) is 0.812. The van der Waals surface area contributed by atoms with Crippen LogP contribution in [0.5, 0.6) is 0 Å². The van der Waals surface area contributed by atoms with Crippen molar-refractivity contribution in [1.29, 1.82) is 0 Å². The normalized spacial score (nSPS) is 36.2. The molecule has 3 nitrogen and oxygen atoms in total. The van der Waals surface area contributed by atoms with Gasteiger partial charge in [-0.2, -0.15) is 5.48 Å². The molecule has 0 aliphatic carbocycles. The van der Waals surface area contributed by atoms with E-state index in [9.17, 15) is 8.78 Å². The molecule has 5 heteroatoms. The smallest absolute Gasteiger partial charge is 0.164 e. The largest absolute Gasteiger partial charge is 0.376 e. The van der Waals surface area contributed by atoms with Crippen LogP contribution in [-0.4, -0.2) is 19.3 Å². The van der Waals surface area contributed by atoms with Crippen molar-refractivity contribution in [2.75, 3.05) is 13.2 Å². The average molecular weight is 241 g/mol. The van der Waals surface area contributed by atoms with Crippen molar-refractivity contribution in [3.8, 4) is 0 Å². The Morgan fingerprint density at radius 1 is 1.41 bits per heavy atom. The molecule has 2 aliphatic heterocycles. The third kappa shape index (κ3) is 1.43. The monoisotopic (exact) mass is 241 g/mol. The first-order valence-corrected chi connectivity index (χ1v) is 5.60. The minimum Gasteiger partial charge on any atom is -0.376 e. The van der Waals surface area contributed by atoms with Gasteiger partial charge in [0, 0.05) is 11.5 Å². The number of halogens is 2. The molecule has 17 heavy (non-hydrogen) atoms. The Kier molecular flexibility index (Phi) is 2.43. The lowest BCUT2D eigenvalue weighted by Gasteiger charge is -2.27. The average Bonchev–Trinajstić information content (AvgIpc) is 2.85. The molecule has 1 N–H and O–H groups in total. The molecule has 0 spiro atoms. The number of hydrogen-bond donors (Lipinski definition) is 1. The maximum Gasteiger partial charge on any atom is 0.164 e. The molecule has 2 fully saturated rings. The first kappa shape index (κ1) is 11.1. The molecule has 3 rings (SSSR count). The zero-order chi connectivity index (χ0) is 12.0. The van der Waals surface area contributed by atoms with Crippen molar-refractivity contribution in [1.82, 2.24) is 5.48 Å². The molecule has 0 saturated carbocycles. The lowest BCUT2D eigenvalue weighted by Crippen LogP contribution is -2.43. The van der Waals surface area contributed by atoms with Gasteiger partial charge in [-0.15, -0.1) is 0 Å². The highest BCUT2D eigenvalue weighted by atomic mass is 19.2. The second-order valence-corrected chi connectivity index (χ2v) is 4.61. The van der Waals surface area contributed by atoms with Crippen molar-refractivity contribution >= 4 is 0 Å². The van der Waals surface area contributed by atoms with Gasteiger partial charge in [-0.25, -0.2) is 8.78 Å². The summed E-state index contributed by atoms with van der Waals surface area (Å²) >= 11 is 0. The van der Waals surface area contributed by atoms with E-state index in [-0.39, 0.29) is 17.6 Å². The Bertz CT molecular complexity index is 454. The van der Waals surface area contributed by atoms with E-state index in [0.29, 0.717) is 13.2 Å². The number of nitrogens with one attached hydrogen (secondary N) is 1. The van der Waals surface area contributed by atoms with E-state index in [1.54, 1.807) is 6.07 Å². The Morgan fingerprint density at radius 3 is 3.06 bits per heavy atom. The molecule has 1 aromatic carbocycles. The summed E-state index contributed by atoms with van der Waals surface area (Å²) in [6.07, 6.45) is -0.0346. The Morgan fingerprint density at radius 2 is 2.24 bits per heavy atom. The fourth-order valence-corrected chi connectivity index (χ4v) is 2.71. The third-order valence-electron chi connectivity index (χ3n) is 3.72. The SMILES string of the molecule is C[C@H]1OC[C@]2(c3cccc(F)c3F)NOC[C@H]12. The van der Waals surface area contributed by atoms with E-state index >= 15 is 0 Å². The minimum atomic E-state index is -0.844. The first-order chi connectivity index (χ1) is 8.15. The highest BCUT2D eigenvalue weighted by molar-refractivity contribution is 5.30. The van der Waals surface area contributed by atoms with Gasteiger partial charge in [0.2, 0.25) is 0 Å². The van der Waals surface area contributed by atoms with Crippen LogP contribution in [0, 0.1) is 17.6 Å². The maximum absolute atomic E-state index is 13.9. The molecule has 2 saturated heterocycles. The fourth-order valence-electron chi connectivity index (χ4n) is 2.71. The van der Waals surface area contributed by atoms with Crippen LogP contribution in [0.4, 0.5) is 8.78 Å². The first-order valence-electron chi connectivity index (χ1n) is 5.60. The number of rotatable bonds is 1. The second-order valence-electron chi connectivity index (χ2n) is 4.61. The van der Waals surface area contributed by atoms with Crippen LogP contribution >= 0.6 is 0 Å². The summed E-state index contributed by atoms with van der Waals surface area (Å²) in [7, 11) is 0. The second kappa shape index (κ2) is 3.73. The van der Waals surface area contributed by atoms with Gasteiger partial charge in [0.05, 0.1) is 19.3 Å². The van der Waals surface area contributed by atoms with Crippen molar-refractivity contribution in [2.24, 2.45) is 5.92 Å². The molecule has 2 aliphatic rings. The van der Waals surface area contributed by atoms with Crippen molar-refractivity contribution < 1.29 is 18.4 Å². The van der Waals surface area contributed by atoms with E-state index in [1.165, 1.54) is 6.07 Å². The van der Waals surface area contributed by atoms with Crippen LogP contribution < -0.4 is 5.48 Å². The number of benzene rings is 1. The topological polar surface area (TPSA) is 30.5 Å². The number of hydroxylamine groups is 1. The van der Waals surface area contributed by atoms with Crippen molar-refractivity contribution in [2.45, 2.75) is 18.6 Å². The summed E-state index contributed by atoms with van der Waals surface area (Å²) in [5.41, 5.74) is 2.34. The van der Waals surface area contributed by atoms with Gasteiger partial charge < -0.3 is 9.57 Å².